The SMILES string of the molecule is Cc1ccc2nc(-c3ccc(NC(=O)CC4CCCC4)cc3)sc2c1. The number of nitrogens with one attached hydrogen (secondary N) is 1. The molecule has 2 aromatic carbocycles. The highest BCUT2D eigenvalue weighted by Gasteiger charge is 2.18. The number of carbonyl (C=O) groups is 1. The van der Waals surface area contributed by atoms with Crippen molar-refractivity contribution in [3.63, 3.8) is 0 Å². The van der Waals surface area contributed by atoms with Crippen molar-refractivity contribution in [3.8, 4) is 10.6 Å². The van der Waals surface area contributed by atoms with Crippen molar-refractivity contribution in [1.82, 2.24) is 4.98 Å². The molecule has 25 heavy (non-hydrogen) atoms. The number of carbonyl (C=O) groups excluding carboxylic acids is 1. The van der Waals surface area contributed by atoms with E-state index in [1.165, 1.54) is 35.9 Å². The Morgan fingerprint density at radius 3 is 2.68 bits per heavy atom. The number of amides is 1. The van der Waals surface area contributed by atoms with Crippen LogP contribution in [-0.4, -0.2) is 10.9 Å². The number of fused-ring (bicyclic) bond motifs is 1. The Morgan fingerprint density at radius 1 is 1.16 bits per heavy atom. The molecule has 3 aromatic rings. The van der Waals surface area contributed by atoms with E-state index in [4.69, 9.17) is 4.98 Å². The maximum Gasteiger partial charge on any atom is 0.224 e. The Bertz CT molecular complexity index is 892. The molecule has 0 unspecified atom stereocenters. The summed E-state index contributed by atoms with van der Waals surface area (Å²) in [6.07, 6.45) is 5.59. The molecule has 0 atom stereocenters. The van der Waals surface area contributed by atoms with Crippen LogP contribution in [0.15, 0.2) is 42.5 Å². The first-order valence-electron chi connectivity index (χ1n) is 8.95. The topological polar surface area (TPSA) is 42.0 Å². The van der Waals surface area contributed by atoms with Gasteiger partial charge >= 0.3 is 0 Å². The van der Waals surface area contributed by atoms with Crippen LogP contribution in [0.25, 0.3) is 20.8 Å². The highest BCUT2D eigenvalue weighted by molar-refractivity contribution is 7.21. The molecule has 0 spiro atoms. The lowest BCUT2D eigenvalue weighted by atomic mass is 10.0. The van der Waals surface area contributed by atoms with Gasteiger partial charge in [0.1, 0.15) is 5.01 Å². The quantitative estimate of drug-likeness (QED) is 0.647. The highest BCUT2D eigenvalue weighted by atomic mass is 32.1. The van der Waals surface area contributed by atoms with Gasteiger partial charge in [0, 0.05) is 17.7 Å². The molecule has 3 nitrogen and oxygen atoms in total. The van der Waals surface area contributed by atoms with Gasteiger partial charge in [0.2, 0.25) is 5.91 Å². The van der Waals surface area contributed by atoms with E-state index in [0.717, 1.165) is 21.8 Å². The number of hydrogen-bond donors (Lipinski definition) is 1. The minimum atomic E-state index is 0.134. The number of nitrogens with zero attached hydrogens (tertiary/aromatic N) is 1. The second-order valence-corrected chi connectivity index (χ2v) is 8.00. The Kier molecular flexibility index (Phi) is 4.53. The summed E-state index contributed by atoms with van der Waals surface area (Å²) in [7, 11) is 0. The van der Waals surface area contributed by atoms with Gasteiger partial charge in [-0.1, -0.05) is 18.9 Å². The smallest absolute Gasteiger partial charge is 0.224 e. The predicted molar refractivity (Wildman–Crippen MR) is 105 cm³/mol. The largest absolute Gasteiger partial charge is 0.326 e. The minimum Gasteiger partial charge on any atom is -0.326 e. The Hall–Kier alpha value is -2.20. The van der Waals surface area contributed by atoms with Crippen molar-refractivity contribution < 1.29 is 4.79 Å². The second-order valence-electron chi connectivity index (χ2n) is 6.97. The third kappa shape index (κ3) is 3.74. The van der Waals surface area contributed by atoms with Crippen molar-refractivity contribution in [2.24, 2.45) is 5.92 Å². The summed E-state index contributed by atoms with van der Waals surface area (Å²) in [5.41, 5.74) is 4.25. The van der Waals surface area contributed by atoms with E-state index < -0.39 is 0 Å². The van der Waals surface area contributed by atoms with Crippen LogP contribution >= 0.6 is 11.3 Å². The summed E-state index contributed by atoms with van der Waals surface area (Å²) in [5, 5.41) is 4.04. The number of benzene rings is 2. The number of anilines is 1. The second kappa shape index (κ2) is 6.96. The predicted octanol–water partition coefficient (Wildman–Crippen LogP) is 5.79. The van der Waals surface area contributed by atoms with E-state index in [9.17, 15) is 4.79 Å². The average molecular weight is 350 g/mol. The summed E-state index contributed by atoms with van der Waals surface area (Å²) in [6.45, 7) is 2.10. The van der Waals surface area contributed by atoms with E-state index in [0.29, 0.717) is 12.3 Å². The molecule has 4 rings (SSSR count). The summed E-state index contributed by atoms with van der Waals surface area (Å²) in [5.74, 6) is 0.709. The Balaban J connectivity index is 1.46. The standard InChI is InChI=1S/C21H22N2OS/c1-14-6-11-18-19(12-14)25-21(23-18)16-7-9-17(10-8-16)22-20(24)13-15-4-2-3-5-15/h6-12,15H,2-5,13H2,1H3,(H,22,24). The van der Waals surface area contributed by atoms with Crippen LogP contribution in [0.2, 0.25) is 0 Å². The third-order valence-electron chi connectivity index (χ3n) is 4.91. The molecule has 0 radical (unpaired) electrons. The van der Waals surface area contributed by atoms with E-state index >= 15 is 0 Å². The third-order valence-corrected chi connectivity index (χ3v) is 5.98. The molecule has 1 N–H and O–H groups in total. The van der Waals surface area contributed by atoms with Crippen LogP contribution in [0, 0.1) is 12.8 Å². The fourth-order valence-corrected chi connectivity index (χ4v) is 4.61. The Morgan fingerprint density at radius 2 is 1.92 bits per heavy atom. The van der Waals surface area contributed by atoms with E-state index in [2.05, 4.69) is 30.4 Å². The molecule has 1 fully saturated rings. The van der Waals surface area contributed by atoms with Crippen molar-refractivity contribution in [2.45, 2.75) is 39.0 Å². The van der Waals surface area contributed by atoms with Crippen LogP contribution < -0.4 is 5.32 Å². The zero-order chi connectivity index (χ0) is 17.2. The lowest BCUT2D eigenvalue weighted by Crippen LogP contribution is -2.14. The number of aromatic nitrogens is 1. The van der Waals surface area contributed by atoms with Crippen molar-refractivity contribution in [2.75, 3.05) is 5.32 Å². The molecule has 0 aliphatic heterocycles. The van der Waals surface area contributed by atoms with Crippen molar-refractivity contribution >= 4 is 33.1 Å². The van der Waals surface area contributed by atoms with Crippen LogP contribution in [-0.2, 0) is 4.79 Å². The normalized spacial score (nSPS) is 14.9. The van der Waals surface area contributed by atoms with Gasteiger partial charge in [-0.3, -0.25) is 4.79 Å². The van der Waals surface area contributed by atoms with Gasteiger partial charge in [-0.25, -0.2) is 4.98 Å². The number of hydrogen-bond acceptors (Lipinski definition) is 3. The number of thiazole rings is 1. The summed E-state index contributed by atoms with van der Waals surface area (Å²) in [6, 6.07) is 14.4. The summed E-state index contributed by atoms with van der Waals surface area (Å²) in [4.78, 5) is 16.9. The van der Waals surface area contributed by atoms with Gasteiger partial charge in [-0.05, 0) is 67.6 Å². The molecule has 128 valence electrons. The van der Waals surface area contributed by atoms with Gasteiger partial charge in [0.05, 0.1) is 10.2 Å². The molecule has 0 bridgehead atoms. The molecule has 4 heteroatoms. The summed E-state index contributed by atoms with van der Waals surface area (Å²) >= 11 is 1.71. The zero-order valence-electron chi connectivity index (χ0n) is 14.4. The first-order valence-corrected chi connectivity index (χ1v) is 9.76. The first kappa shape index (κ1) is 16.3. The number of aryl methyl sites for hydroxylation is 1. The van der Waals surface area contributed by atoms with Gasteiger partial charge in [-0.15, -0.1) is 11.3 Å². The lowest BCUT2D eigenvalue weighted by molar-refractivity contribution is -0.117. The average Bonchev–Trinajstić information content (AvgIpc) is 3.24. The fraction of sp³-hybridized carbons (Fsp3) is 0.333. The van der Waals surface area contributed by atoms with Crippen LogP contribution in [0.1, 0.15) is 37.7 Å². The van der Waals surface area contributed by atoms with Gasteiger partial charge in [0.25, 0.3) is 0 Å². The molecule has 1 aliphatic rings. The number of rotatable bonds is 4. The maximum absolute atomic E-state index is 12.2. The molecule has 1 aliphatic carbocycles. The van der Waals surface area contributed by atoms with E-state index in [1.807, 2.05) is 24.3 Å². The monoisotopic (exact) mass is 350 g/mol. The maximum atomic E-state index is 12.2. The highest BCUT2D eigenvalue weighted by Crippen LogP contribution is 2.31. The molecular weight excluding hydrogens is 328 g/mol. The van der Waals surface area contributed by atoms with E-state index in [1.54, 1.807) is 11.3 Å². The molecule has 1 amide bonds. The molecular formula is C21H22N2OS. The molecule has 1 aromatic heterocycles. The van der Waals surface area contributed by atoms with Gasteiger partial charge in [0.15, 0.2) is 0 Å². The lowest BCUT2D eigenvalue weighted by Gasteiger charge is -2.09. The zero-order valence-corrected chi connectivity index (χ0v) is 15.2. The minimum absolute atomic E-state index is 0.134. The molecule has 1 saturated carbocycles. The van der Waals surface area contributed by atoms with Gasteiger partial charge in [-0.2, -0.15) is 0 Å². The van der Waals surface area contributed by atoms with Gasteiger partial charge < -0.3 is 5.32 Å². The van der Waals surface area contributed by atoms with Crippen molar-refractivity contribution in [1.29, 1.82) is 0 Å². The fourth-order valence-electron chi connectivity index (χ4n) is 3.54. The molecule has 0 saturated heterocycles. The van der Waals surface area contributed by atoms with Crippen LogP contribution in [0.3, 0.4) is 0 Å². The van der Waals surface area contributed by atoms with Crippen molar-refractivity contribution in [3.05, 3.63) is 48.0 Å². The Labute approximate surface area is 152 Å². The van der Waals surface area contributed by atoms with Crippen LogP contribution in [0.4, 0.5) is 5.69 Å². The molecule has 1 heterocycles. The van der Waals surface area contributed by atoms with Crippen LogP contribution in [0.5, 0.6) is 0 Å². The summed E-state index contributed by atoms with van der Waals surface area (Å²) < 4.78 is 1.21. The first-order chi connectivity index (χ1) is 12.2. The van der Waals surface area contributed by atoms with E-state index in [-0.39, 0.29) is 5.91 Å².